The van der Waals surface area contributed by atoms with Gasteiger partial charge >= 0.3 is 0 Å². The Morgan fingerprint density at radius 3 is 2.62 bits per heavy atom. The first-order valence-corrected chi connectivity index (χ1v) is 7.73. The summed E-state index contributed by atoms with van der Waals surface area (Å²) in [5.41, 5.74) is 2.67. The fourth-order valence-corrected chi connectivity index (χ4v) is 4.10. The van der Waals surface area contributed by atoms with E-state index in [0.29, 0.717) is 11.5 Å². The Morgan fingerprint density at radius 1 is 1.25 bits per heavy atom. The standard InChI is InChI=1S/C14H25NS/c1-11(2)14(3)8-4-6-12-13(7-5-9-14)16-10-15-12/h10-13H,4-9H2,1-3H3. The molecule has 0 amide bonds. The Bertz CT molecular complexity index is 261. The van der Waals surface area contributed by atoms with Crippen LogP contribution in [0.3, 0.4) is 0 Å². The van der Waals surface area contributed by atoms with E-state index in [4.69, 9.17) is 0 Å². The van der Waals surface area contributed by atoms with E-state index >= 15 is 0 Å². The SMILES string of the molecule is CC(C)C1(C)CCCC2N=CSC2CCC1. The fraction of sp³-hybridized carbons (Fsp3) is 0.929. The number of hydrogen-bond donors (Lipinski definition) is 0. The van der Waals surface area contributed by atoms with Gasteiger partial charge in [-0.05, 0) is 37.0 Å². The van der Waals surface area contributed by atoms with Crippen molar-refractivity contribution in [1.82, 2.24) is 0 Å². The Hall–Kier alpha value is 0.0200. The van der Waals surface area contributed by atoms with E-state index in [0.717, 1.165) is 11.2 Å². The van der Waals surface area contributed by atoms with Gasteiger partial charge < -0.3 is 0 Å². The van der Waals surface area contributed by atoms with Crippen molar-refractivity contribution < 1.29 is 0 Å². The Labute approximate surface area is 104 Å². The van der Waals surface area contributed by atoms with E-state index in [1.54, 1.807) is 0 Å². The van der Waals surface area contributed by atoms with Crippen molar-refractivity contribution in [2.45, 2.75) is 70.6 Å². The van der Waals surface area contributed by atoms with Crippen LogP contribution in [0.1, 0.15) is 59.3 Å². The lowest BCUT2D eigenvalue weighted by Crippen LogP contribution is -2.23. The molecule has 0 spiro atoms. The average molecular weight is 239 g/mol. The van der Waals surface area contributed by atoms with E-state index in [9.17, 15) is 0 Å². The summed E-state index contributed by atoms with van der Waals surface area (Å²) in [7, 11) is 0. The first kappa shape index (κ1) is 12.5. The lowest BCUT2D eigenvalue weighted by Gasteiger charge is -2.34. The second-order valence-electron chi connectivity index (χ2n) is 6.09. The van der Waals surface area contributed by atoms with Crippen LogP contribution in [-0.4, -0.2) is 16.8 Å². The molecule has 2 heteroatoms. The van der Waals surface area contributed by atoms with Crippen molar-refractivity contribution >= 4 is 17.3 Å². The first-order chi connectivity index (χ1) is 7.62. The highest BCUT2D eigenvalue weighted by molar-refractivity contribution is 8.12. The van der Waals surface area contributed by atoms with Crippen molar-refractivity contribution in [3.63, 3.8) is 0 Å². The lowest BCUT2D eigenvalue weighted by molar-refractivity contribution is 0.173. The van der Waals surface area contributed by atoms with Gasteiger partial charge in [0.25, 0.3) is 0 Å². The maximum absolute atomic E-state index is 4.63. The largest absolute Gasteiger partial charge is 0.282 e. The third-order valence-electron chi connectivity index (χ3n) is 4.80. The molecule has 0 N–H and O–H groups in total. The van der Waals surface area contributed by atoms with Gasteiger partial charge in [-0.3, -0.25) is 4.99 Å². The summed E-state index contributed by atoms with van der Waals surface area (Å²) >= 11 is 1.98. The number of hydrogen-bond acceptors (Lipinski definition) is 2. The van der Waals surface area contributed by atoms with Crippen molar-refractivity contribution in [3.8, 4) is 0 Å². The van der Waals surface area contributed by atoms with Gasteiger partial charge in [-0.25, -0.2) is 0 Å². The summed E-state index contributed by atoms with van der Waals surface area (Å²) < 4.78 is 0. The molecule has 0 aromatic carbocycles. The summed E-state index contributed by atoms with van der Waals surface area (Å²) in [5.74, 6) is 0.821. The summed E-state index contributed by atoms with van der Waals surface area (Å²) in [6.07, 6.45) is 8.26. The van der Waals surface area contributed by atoms with E-state index < -0.39 is 0 Å². The second kappa shape index (κ2) is 5.12. The molecule has 0 radical (unpaired) electrons. The molecule has 0 saturated heterocycles. The van der Waals surface area contributed by atoms with Crippen LogP contribution in [0.5, 0.6) is 0 Å². The quantitative estimate of drug-likeness (QED) is 0.655. The van der Waals surface area contributed by atoms with Crippen LogP contribution >= 0.6 is 11.8 Å². The molecular formula is C14H25NS. The highest BCUT2D eigenvalue weighted by atomic mass is 32.2. The number of fused-ring (bicyclic) bond motifs is 1. The zero-order valence-electron chi connectivity index (χ0n) is 10.9. The van der Waals surface area contributed by atoms with Gasteiger partial charge in [0.2, 0.25) is 0 Å². The van der Waals surface area contributed by atoms with Gasteiger partial charge in [0.15, 0.2) is 0 Å². The molecule has 16 heavy (non-hydrogen) atoms. The summed E-state index contributed by atoms with van der Waals surface area (Å²) in [5, 5.41) is 0.800. The van der Waals surface area contributed by atoms with E-state index in [1.165, 1.54) is 38.5 Å². The lowest BCUT2D eigenvalue weighted by atomic mass is 9.72. The molecule has 1 saturated carbocycles. The minimum atomic E-state index is 0.576. The maximum atomic E-state index is 4.63. The Morgan fingerprint density at radius 2 is 1.94 bits per heavy atom. The number of nitrogens with zero attached hydrogens (tertiary/aromatic N) is 1. The molecule has 1 aliphatic carbocycles. The van der Waals surface area contributed by atoms with Crippen LogP contribution in [0.4, 0.5) is 0 Å². The van der Waals surface area contributed by atoms with Crippen molar-refractivity contribution in [2.24, 2.45) is 16.3 Å². The first-order valence-electron chi connectivity index (χ1n) is 6.79. The highest BCUT2D eigenvalue weighted by Crippen LogP contribution is 2.42. The average Bonchev–Trinajstić information content (AvgIpc) is 2.66. The molecule has 0 aromatic heterocycles. The van der Waals surface area contributed by atoms with Crippen molar-refractivity contribution in [1.29, 1.82) is 0 Å². The van der Waals surface area contributed by atoms with Crippen LogP contribution in [0.15, 0.2) is 4.99 Å². The summed E-state index contributed by atoms with van der Waals surface area (Å²) in [6.45, 7) is 7.28. The molecule has 0 bridgehead atoms. The molecule has 3 unspecified atom stereocenters. The topological polar surface area (TPSA) is 12.4 Å². The van der Waals surface area contributed by atoms with E-state index in [1.807, 2.05) is 11.8 Å². The van der Waals surface area contributed by atoms with Crippen LogP contribution < -0.4 is 0 Å². The molecule has 3 atom stereocenters. The molecule has 1 fully saturated rings. The maximum Gasteiger partial charge on any atom is 0.0628 e. The zero-order chi connectivity index (χ0) is 11.6. The van der Waals surface area contributed by atoms with Gasteiger partial charge in [0.05, 0.1) is 11.6 Å². The summed E-state index contributed by atoms with van der Waals surface area (Å²) in [6, 6.07) is 0.638. The molecule has 1 heterocycles. The van der Waals surface area contributed by atoms with Crippen LogP contribution in [0.2, 0.25) is 0 Å². The second-order valence-corrected chi connectivity index (χ2v) is 7.18. The Kier molecular flexibility index (Phi) is 3.99. The van der Waals surface area contributed by atoms with Gasteiger partial charge in [-0.15, -0.1) is 11.8 Å². The predicted molar refractivity (Wildman–Crippen MR) is 74.3 cm³/mol. The third-order valence-corrected chi connectivity index (χ3v) is 5.94. The van der Waals surface area contributed by atoms with Crippen LogP contribution in [-0.2, 0) is 0 Å². The van der Waals surface area contributed by atoms with Crippen molar-refractivity contribution in [3.05, 3.63) is 0 Å². The van der Waals surface area contributed by atoms with E-state index in [-0.39, 0.29) is 0 Å². The smallest absolute Gasteiger partial charge is 0.0628 e. The minimum absolute atomic E-state index is 0.576. The van der Waals surface area contributed by atoms with Gasteiger partial charge in [0, 0.05) is 5.25 Å². The van der Waals surface area contributed by atoms with Crippen LogP contribution in [0.25, 0.3) is 0 Å². The Balaban J connectivity index is 1.99. The van der Waals surface area contributed by atoms with Crippen LogP contribution in [0, 0.1) is 11.3 Å². The van der Waals surface area contributed by atoms with Crippen molar-refractivity contribution in [2.75, 3.05) is 0 Å². The monoisotopic (exact) mass is 239 g/mol. The fourth-order valence-electron chi connectivity index (χ4n) is 3.02. The summed E-state index contributed by atoms with van der Waals surface area (Å²) in [4.78, 5) is 4.63. The number of thioether (sulfide) groups is 1. The molecule has 1 nitrogen and oxygen atoms in total. The molecule has 2 aliphatic rings. The normalized spacial score (nSPS) is 40.2. The third kappa shape index (κ3) is 2.64. The van der Waals surface area contributed by atoms with Gasteiger partial charge in [0.1, 0.15) is 0 Å². The van der Waals surface area contributed by atoms with Gasteiger partial charge in [-0.2, -0.15) is 0 Å². The van der Waals surface area contributed by atoms with E-state index in [2.05, 4.69) is 31.3 Å². The molecule has 0 aromatic rings. The predicted octanol–water partition coefficient (Wildman–Crippen LogP) is 4.52. The molecular weight excluding hydrogens is 214 g/mol. The number of rotatable bonds is 1. The zero-order valence-corrected chi connectivity index (χ0v) is 11.7. The minimum Gasteiger partial charge on any atom is -0.282 e. The molecule has 92 valence electrons. The van der Waals surface area contributed by atoms with Gasteiger partial charge in [-0.1, -0.05) is 33.6 Å². The molecule has 2 rings (SSSR count). The highest BCUT2D eigenvalue weighted by Gasteiger charge is 2.32. The number of aliphatic imine (C=N–C) groups is 1. The molecule has 1 aliphatic heterocycles.